The predicted molar refractivity (Wildman–Crippen MR) is 93.4 cm³/mol. The highest BCUT2D eigenvalue weighted by Crippen LogP contribution is 2.49. The summed E-state index contributed by atoms with van der Waals surface area (Å²) in [6, 6.07) is 12.5. The minimum absolute atomic E-state index is 0.0212. The van der Waals surface area contributed by atoms with Crippen LogP contribution in [0.4, 0.5) is 4.39 Å². The summed E-state index contributed by atoms with van der Waals surface area (Å²) < 4.78 is 18.7. The van der Waals surface area contributed by atoms with Crippen molar-refractivity contribution in [1.29, 1.82) is 0 Å². The Kier molecular flexibility index (Phi) is 5.21. The standard InChI is InChI=1S/C20H20FNO4/c1-26-17-8-7-13(10-16(17)21)19(20(24)25)22-18(23)11-14-9-15(14)12-5-3-2-4-6-12/h2-8,10,14-15,19H,9,11H2,1H3,(H,22,23)(H,24,25)/t14-,15-,19?/m0/s1. The molecule has 0 aliphatic heterocycles. The molecule has 2 N–H and O–H groups in total. The monoisotopic (exact) mass is 357 g/mol. The van der Waals surface area contributed by atoms with Gasteiger partial charge in [-0.1, -0.05) is 36.4 Å². The summed E-state index contributed by atoms with van der Waals surface area (Å²) in [6.45, 7) is 0. The summed E-state index contributed by atoms with van der Waals surface area (Å²) in [6.07, 6.45) is 1.16. The maximum Gasteiger partial charge on any atom is 0.330 e. The van der Waals surface area contributed by atoms with Crippen LogP contribution >= 0.6 is 0 Å². The van der Waals surface area contributed by atoms with E-state index >= 15 is 0 Å². The summed E-state index contributed by atoms with van der Waals surface area (Å²) in [5.74, 6) is -1.69. The summed E-state index contributed by atoms with van der Waals surface area (Å²) in [5.41, 5.74) is 1.36. The first-order valence-corrected chi connectivity index (χ1v) is 8.40. The van der Waals surface area contributed by atoms with Crippen molar-refractivity contribution in [2.24, 2.45) is 5.92 Å². The number of amides is 1. The van der Waals surface area contributed by atoms with Crippen LogP contribution in [0.3, 0.4) is 0 Å². The fourth-order valence-corrected chi connectivity index (χ4v) is 3.19. The van der Waals surface area contributed by atoms with E-state index in [1.54, 1.807) is 0 Å². The third-order valence-electron chi connectivity index (χ3n) is 4.66. The Morgan fingerprint density at radius 2 is 2.00 bits per heavy atom. The van der Waals surface area contributed by atoms with Crippen LogP contribution in [0.5, 0.6) is 5.75 Å². The summed E-state index contributed by atoms with van der Waals surface area (Å²) in [4.78, 5) is 23.8. The van der Waals surface area contributed by atoms with Gasteiger partial charge in [0.25, 0.3) is 0 Å². The van der Waals surface area contributed by atoms with E-state index < -0.39 is 17.8 Å². The minimum Gasteiger partial charge on any atom is -0.494 e. The summed E-state index contributed by atoms with van der Waals surface area (Å²) >= 11 is 0. The molecule has 0 spiro atoms. The number of benzene rings is 2. The van der Waals surface area contributed by atoms with E-state index in [0.29, 0.717) is 5.92 Å². The Morgan fingerprint density at radius 1 is 1.27 bits per heavy atom. The molecule has 26 heavy (non-hydrogen) atoms. The molecule has 0 aromatic heterocycles. The van der Waals surface area contributed by atoms with Crippen molar-refractivity contribution in [3.05, 3.63) is 65.5 Å². The predicted octanol–water partition coefficient (Wildman–Crippen LogP) is 3.27. The van der Waals surface area contributed by atoms with Crippen LogP contribution in [0, 0.1) is 11.7 Å². The lowest BCUT2D eigenvalue weighted by Gasteiger charge is -2.16. The Morgan fingerprint density at radius 3 is 2.62 bits per heavy atom. The molecular weight excluding hydrogens is 337 g/mol. The lowest BCUT2D eigenvalue weighted by atomic mass is 10.1. The Bertz CT molecular complexity index is 809. The fraction of sp³-hybridized carbons (Fsp3) is 0.300. The number of aliphatic carboxylic acids is 1. The Labute approximate surface area is 150 Å². The molecule has 1 amide bonds. The maximum atomic E-state index is 13.8. The highest BCUT2D eigenvalue weighted by Gasteiger charge is 2.40. The minimum atomic E-state index is -1.29. The van der Waals surface area contributed by atoms with Crippen LogP contribution in [-0.4, -0.2) is 24.1 Å². The van der Waals surface area contributed by atoms with Gasteiger partial charge >= 0.3 is 5.97 Å². The van der Waals surface area contributed by atoms with Gasteiger partial charge in [0.1, 0.15) is 0 Å². The Balaban J connectivity index is 1.63. The largest absolute Gasteiger partial charge is 0.494 e. The normalized spacial score (nSPS) is 19.5. The topological polar surface area (TPSA) is 75.6 Å². The molecule has 136 valence electrons. The molecule has 0 radical (unpaired) electrons. The molecule has 1 unspecified atom stereocenters. The third kappa shape index (κ3) is 4.02. The van der Waals surface area contributed by atoms with E-state index in [-0.39, 0.29) is 29.6 Å². The second-order valence-corrected chi connectivity index (χ2v) is 6.45. The first-order chi connectivity index (χ1) is 12.5. The van der Waals surface area contributed by atoms with Gasteiger partial charge in [-0.15, -0.1) is 0 Å². The van der Waals surface area contributed by atoms with Crippen molar-refractivity contribution < 1.29 is 23.8 Å². The number of hydrogen-bond donors (Lipinski definition) is 2. The van der Waals surface area contributed by atoms with Crippen LogP contribution in [0.1, 0.15) is 35.9 Å². The number of carbonyl (C=O) groups excluding carboxylic acids is 1. The quantitative estimate of drug-likeness (QED) is 0.797. The van der Waals surface area contributed by atoms with Crippen molar-refractivity contribution in [3.8, 4) is 5.75 Å². The van der Waals surface area contributed by atoms with E-state index in [9.17, 15) is 19.1 Å². The molecule has 3 atom stereocenters. The van der Waals surface area contributed by atoms with Crippen LogP contribution in [-0.2, 0) is 9.59 Å². The van der Waals surface area contributed by atoms with E-state index in [0.717, 1.165) is 12.5 Å². The van der Waals surface area contributed by atoms with E-state index in [1.165, 1.54) is 24.8 Å². The van der Waals surface area contributed by atoms with Crippen LogP contribution in [0.15, 0.2) is 48.5 Å². The van der Waals surface area contributed by atoms with Gasteiger partial charge in [-0.2, -0.15) is 0 Å². The smallest absolute Gasteiger partial charge is 0.330 e. The second kappa shape index (κ2) is 7.56. The van der Waals surface area contributed by atoms with Gasteiger partial charge < -0.3 is 15.2 Å². The number of rotatable bonds is 7. The van der Waals surface area contributed by atoms with Gasteiger partial charge in [0, 0.05) is 6.42 Å². The molecule has 0 saturated heterocycles. The number of hydrogen-bond acceptors (Lipinski definition) is 3. The first kappa shape index (κ1) is 17.9. The molecule has 0 bridgehead atoms. The summed E-state index contributed by atoms with van der Waals surface area (Å²) in [7, 11) is 1.33. The molecule has 1 fully saturated rings. The molecule has 0 heterocycles. The van der Waals surface area contributed by atoms with Crippen molar-refractivity contribution in [2.75, 3.05) is 7.11 Å². The molecule has 3 rings (SSSR count). The zero-order valence-corrected chi connectivity index (χ0v) is 14.3. The second-order valence-electron chi connectivity index (χ2n) is 6.45. The molecular formula is C20H20FNO4. The van der Waals surface area contributed by atoms with Crippen molar-refractivity contribution in [1.82, 2.24) is 5.32 Å². The number of carboxylic acid groups (broad SMARTS) is 1. The Hall–Kier alpha value is -2.89. The SMILES string of the molecule is COc1ccc(C(NC(=O)C[C@@H]2C[C@H]2c2ccccc2)C(=O)O)cc1F. The number of carbonyl (C=O) groups is 2. The number of ether oxygens (including phenoxy) is 1. The van der Waals surface area contributed by atoms with E-state index in [4.69, 9.17) is 4.74 Å². The van der Waals surface area contributed by atoms with Crippen LogP contribution < -0.4 is 10.1 Å². The zero-order valence-electron chi connectivity index (χ0n) is 14.3. The number of methoxy groups -OCH3 is 1. The van der Waals surface area contributed by atoms with Gasteiger partial charge in [-0.3, -0.25) is 4.79 Å². The lowest BCUT2D eigenvalue weighted by Crippen LogP contribution is -2.34. The molecule has 2 aromatic carbocycles. The van der Waals surface area contributed by atoms with Gasteiger partial charge in [-0.05, 0) is 41.5 Å². The molecule has 2 aromatic rings. The summed E-state index contributed by atoms with van der Waals surface area (Å²) in [5, 5.41) is 11.9. The molecule has 5 nitrogen and oxygen atoms in total. The van der Waals surface area contributed by atoms with Gasteiger partial charge in [0.05, 0.1) is 7.11 Å². The van der Waals surface area contributed by atoms with Gasteiger partial charge in [-0.25, -0.2) is 9.18 Å². The van der Waals surface area contributed by atoms with Crippen LogP contribution in [0.2, 0.25) is 0 Å². The highest BCUT2D eigenvalue weighted by molar-refractivity contribution is 5.85. The number of carboxylic acids is 1. The maximum absolute atomic E-state index is 13.8. The average Bonchev–Trinajstić information content (AvgIpc) is 3.39. The van der Waals surface area contributed by atoms with Gasteiger partial charge in [0.2, 0.25) is 5.91 Å². The number of halogens is 1. The van der Waals surface area contributed by atoms with E-state index in [1.807, 2.05) is 30.3 Å². The molecule has 1 saturated carbocycles. The fourth-order valence-electron chi connectivity index (χ4n) is 3.19. The first-order valence-electron chi connectivity index (χ1n) is 8.40. The van der Waals surface area contributed by atoms with Crippen molar-refractivity contribution in [3.63, 3.8) is 0 Å². The third-order valence-corrected chi connectivity index (χ3v) is 4.66. The van der Waals surface area contributed by atoms with Gasteiger partial charge in [0.15, 0.2) is 17.6 Å². The number of nitrogens with one attached hydrogen (secondary N) is 1. The van der Waals surface area contributed by atoms with Crippen LogP contribution in [0.25, 0.3) is 0 Å². The molecule has 1 aliphatic rings. The average molecular weight is 357 g/mol. The van der Waals surface area contributed by atoms with Crippen molar-refractivity contribution in [2.45, 2.75) is 24.8 Å². The lowest BCUT2D eigenvalue weighted by molar-refractivity contribution is -0.142. The van der Waals surface area contributed by atoms with E-state index in [2.05, 4.69) is 5.32 Å². The van der Waals surface area contributed by atoms with Crippen molar-refractivity contribution >= 4 is 11.9 Å². The molecule has 1 aliphatic carbocycles. The highest BCUT2D eigenvalue weighted by atomic mass is 19.1. The molecule has 6 heteroatoms. The zero-order chi connectivity index (χ0) is 18.7.